The van der Waals surface area contributed by atoms with Crippen LogP contribution in [0.3, 0.4) is 0 Å². The summed E-state index contributed by atoms with van der Waals surface area (Å²) in [6, 6.07) is 0. The number of rotatable bonds is 4. The third-order valence-electron chi connectivity index (χ3n) is 2.88. The fourth-order valence-electron chi connectivity index (χ4n) is 2.14. The molecule has 1 unspecified atom stereocenters. The Bertz CT molecular complexity index is 621. The molecule has 0 amide bonds. The van der Waals surface area contributed by atoms with Gasteiger partial charge < -0.3 is 15.1 Å². The molecule has 2 aromatic rings. The molecule has 0 saturated heterocycles. The first-order chi connectivity index (χ1) is 8.91. The molecule has 2 heterocycles. The molecule has 0 bridgehead atoms. The second-order valence-electron chi connectivity index (χ2n) is 4.56. The van der Waals surface area contributed by atoms with Crippen LogP contribution in [0.5, 0.6) is 0 Å². The van der Waals surface area contributed by atoms with Crippen molar-refractivity contribution in [2.75, 3.05) is 18.5 Å². The lowest BCUT2D eigenvalue weighted by Crippen LogP contribution is -2.28. The number of aliphatic hydroxyl groups is 1. The number of hydrogen-bond donors (Lipinski definition) is 2. The summed E-state index contributed by atoms with van der Waals surface area (Å²) in [5, 5.41) is 23.5. The summed E-state index contributed by atoms with van der Waals surface area (Å²) in [6.45, 7) is 1.98. The van der Waals surface area contributed by atoms with Crippen LogP contribution in [-0.4, -0.2) is 50.6 Å². The van der Waals surface area contributed by atoms with Crippen molar-refractivity contribution >= 4 is 22.7 Å². The Kier molecular flexibility index (Phi) is 3.39. The number of aryl methyl sites for hydroxylation is 1. The molecule has 2 aromatic heterocycles. The third-order valence-corrected chi connectivity index (χ3v) is 2.88. The molecule has 0 fully saturated rings. The van der Waals surface area contributed by atoms with Crippen molar-refractivity contribution in [1.29, 1.82) is 0 Å². The predicted octanol–water partition coefficient (Wildman–Crippen LogP) is 0.483. The van der Waals surface area contributed by atoms with Gasteiger partial charge in [0.2, 0.25) is 0 Å². The van der Waals surface area contributed by atoms with E-state index in [-0.39, 0.29) is 5.56 Å². The van der Waals surface area contributed by atoms with Gasteiger partial charge in [-0.05, 0) is 6.92 Å². The van der Waals surface area contributed by atoms with Crippen molar-refractivity contribution < 1.29 is 15.0 Å². The first-order valence-corrected chi connectivity index (χ1v) is 5.85. The summed E-state index contributed by atoms with van der Waals surface area (Å²) in [5.74, 6) is -1.05. The van der Waals surface area contributed by atoms with Crippen LogP contribution >= 0.6 is 0 Å². The zero-order valence-corrected chi connectivity index (χ0v) is 11.0. The second-order valence-corrected chi connectivity index (χ2v) is 4.56. The number of carbonyl (C=O) groups is 1. The highest BCUT2D eigenvalue weighted by atomic mass is 16.4. The Morgan fingerprint density at radius 3 is 2.79 bits per heavy atom. The lowest BCUT2D eigenvalue weighted by molar-refractivity contribution is 0.0697. The zero-order valence-electron chi connectivity index (χ0n) is 11.0. The fourth-order valence-corrected chi connectivity index (χ4v) is 2.14. The summed E-state index contributed by atoms with van der Waals surface area (Å²) in [7, 11) is 3.48. The van der Waals surface area contributed by atoms with E-state index in [2.05, 4.69) is 10.1 Å². The van der Waals surface area contributed by atoms with Crippen LogP contribution in [0.1, 0.15) is 17.3 Å². The summed E-state index contributed by atoms with van der Waals surface area (Å²) in [4.78, 5) is 17.1. The largest absolute Gasteiger partial charge is 0.478 e. The molecule has 1 atom stereocenters. The molecular weight excluding hydrogens is 248 g/mol. The molecule has 102 valence electrons. The Hall–Kier alpha value is -2.15. The highest BCUT2D eigenvalue weighted by Gasteiger charge is 2.20. The van der Waals surface area contributed by atoms with Gasteiger partial charge in [0.25, 0.3) is 0 Å². The van der Waals surface area contributed by atoms with Crippen molar-refractivity contribution in [2.45, 2.75) is 13.0 Å². The highest BCUT2D eigenvalue weighted by Crippen LogP contribution is 2.28. The third kappa shape index (κ3) is 2.37. The molecule has 0 aliphatic rings. The van der Waals surface area contributed by atoms with Gasteiger partial charge in [-0.25, -0.2) is 9.78 Å². The van der Waals surface area contributed by atoms with Gasteiger partial charge in [0, 0.05) is 26.8 Å². The number of carboxylic acid groups (broad SMARTS) is 1. The van der Waals surface area contributed by atoms with Crippen LogP contribution in [0, 0.1) is 0 Å². The Morgan fingerprint density at radius 2 is 2.21 bits per heavy atom. The lowest BCUT2D eigenvalue weighted by Gasteiger charge is -2.23. The van der Waals surface area contributed by atoms with Gasteiger partial charge in [-0.3, -0.25) is 4.68 Å². The van der Waals surface area contributed by atoms with Gasteiger partial charge in [0.1, 0.15) is 5.56 Å². The van der Waals surface area contributed by atoms with E-state index in [0.29, 0.717) is 23.3 Å². The number of aromatic nitrogens is 3. The average Bonchev–Trinajstić information content (AvgIpc) is 2.69. The molecule has 0 saturated carbocycles. The maximum Gasteiger partial charge on any atom is 0.339 e. The Morgan fingerprint density at radius 1 is 1.53 bits per heavy atom. The van der Waals surface area contributed by atoms with Gasteiger partial charge in [0.05, 0.1) is 23.4 Å². The average molecular weight is 264 g/mol. The number of likely N-dealkylation sites (N-methyl/N-ethyl adjacent to an activating group) is 1. The summed E-state index contributed by atoms with van der Waals surface area (Å²) >= 11 is 0. The summed E-state index contributed by atoms with van der Waals surface area (Å²) in [6.07, 6.45) is 2.34. The molecule has 0 aliphatic heterocycles. The van der Waals surface area contributed by atoms with E-state index in [1.54, 1.807) is 36.8 Å². The zero-order chi connectivity index (χ0) is 14.2. The standard InChI is InChI=1S/C12H16N4O3/c1-7(17)6-15(2)10-8-5-14-16(3)11(8)13-4-9(10)12(18)19/h4-5,7,17H,6H2,1-3H3,(H,18,19). The molecule has 7 nitrogen and oxygen atoms in total. The predicted molar refractivity (Wildman–Crippen MR) is 70.4 cm³/mol. The molecule has 19 heavy (non-hydrogen) atoms. The number of aliphatic hydroxyl groups excluding tert-OH is 1. The van der Waals surface area contributed by atoms with Crippen LogP contribution in [-0.2, 0) is 7.05 Å². The lowest BCUT2D eigenvalue weighted by atomic mass is 10.1. The molecule has 2 N–H and O–H groups in total. The van der Waals surface area contributed by atoms with Crippen molar-refractivity contribution in [1.82, 2.24) is 14.8 Å². The molecule has 7 heteroatoms. The van der Waals surface area contributed by atoms with E-state index in [1.165, 1.54) is 6.20 Å². The molecule has 0 aliphatic carbocycles. The summed E-state index contributed by atoms with van der Waals surface area (Å²) < 4.78 is 1.58. The molecule has 0 spiro atoms. The topological polar surface area (TPSA) is 91.5 Å². The van der Waals surface area contributed by atoms with Crippen LogP contribution in [0.2, 0.25) is 0 Å². The van der Waals surface area contributed by atoms with Gasteiger partial charge in [-0.15, -0.1) is 0 Å². The van der Waals surface area contributed by atoms with Crippen molar-refractivity contribution in [3.63, 3.8) is 0 Å². The number of carboxylic acids is 1. The minimum Gasteiger partial charge on any atom is -0.478 e. The van der Waals surface area contributed by atoms with Crippen LogP contribution in [0.4, 0.5) is 5.69 Å². The van der Waals surface area contributed by atoms with Crippen molar-refractivity contribution in [3.05, 3.63) is 18.0 Å². The fraction of sp³-hybridized carbons (Fsp3) is 0.417. The van der Waals surface area contributed by atoms with Crippen molar-refractivity contribution in [2.24, 2.45) is 7.05 Å². The summed E-state index contributed by atoms with van der Waals surface area (Å²) in [5.41, 5.74) is 1.23. The van der Waals surface area contributed by atoms with Gasteiger partial charge in [0.15, 0.2) is 5.65 Å². The Balaban J connectivity index is 2.65. The number of fused-ring (bicyclic) bond motifs is 1. The molecule has 2 rings (SSSR count). The number of aromatic carboxylic acids is 1. The number of anilines is 1. The van der Waals surface area contributed by atoms with Crippen LogP contribution in [0.15, 0.2) is 12.4 Å². The van der Waals surface area contributed by atoms with E-state index >= 15 is 0 Å². The SMILES string of the molecule is CC(O)CN(C)c1c(C(=O)O)cnc2c1cnn2C. The van der Waals surface area contributed by atoms with Gasteiger partial charge >= 0.3 is 5.97 Å². The maximum atomic E-state index is 11.3. The molecule has 0 radical (unpaired) electrons. The number of hydrogen-bond acceptors (Lipinski definition) is 5. The van der Waals surface area contributed by atoms with Gasteiger partial charge in [-0.1, -0.05) is 0 Å². The highest BCUT2D eigenvalue weighted by molar-refractivity contribution is 6.03. The smallest absolute Gasteiger partial charge is 0.339 e. The quantitative estimate of drug-likeness (QED) is 0.834. The monoisotopic (exact) mass is 264 g/mol. The van der Waals surface area contributed by atoms with Crippen molar-refractivity contribution in [3.8, 4) is 0 Å². The normalized spacial score (nSPS) is 12.6. The van der Waals surface area contributed by atoms with E-state index < -0.39 is 12.1 Å². The second kappa shape index (κ2) is 4.85. The minimum atomic E-state index is -1.05. The van der Waals surface area contributed by atoms with Gasteiger partial charge in [-0.2, -0.15) is 5.10 Å². The maximum absolute atomic E-state index is 11.3. The minimum absolute atomic E-state index is 0.101. The number of nitrogens with zero attached hydrogens (tertiary/aromatic N) is 4. The first-order valence-electron chi connectivity index (χ1n) is 5.85. The van der Waals surface area contributed by atoms with E-state index in [1.807, 2.05) is 0 Å². The molecular formula is C12H16N4O3. The Labute approximate surface area is 110 Å². The number of pyridine rings is 1. The van der Waals surface area contributed by atoms with Crippen LogP contribution < -0.4 is 4.90 Å². The van der Waals surface area contributed by atoms with Crippen LogP contribution in [0.25, 0.3) is 11.0 Å². The van der Waals surface area contributed by atoms with E-state index in [9.17, 15) is 15.0 Å². The molecule has 0 aromatic carbocycles. The van der Waals surface area contributed by atoms with E-state index in [0.717, 1.165) is 0 Å². The first kappa shape index (κ1) is 13.3. The van der Waals surface area contributed by atoms with E-state index in [4.69, 9.17) is 0 Å².